The fourth-order valence-electron chi connectivity index (χ4n) is 1.58. The molecule has 0 aliphatic carbocycles. The molecule has 17 heavy (non-hydrogen) atoms. The van der Waals surface area contributed by atoms with Gasteiger partial charge in [0.2, 0.25) is 0 Å². The van der Waals surface area contributed by atoms with Gasteiger partial charge in [-0.2, -0.15) is 0 Å². The quantitative estimate of drug-likeness (QED) is 0.914. The molecule has 90 valence electrons. The highest BCUT2D eigenvalue weighted by Crippen LogP contribution is 2.24. The van der Waals surface area contributed by atoms with Crippen LogP contribution in [0, 0.1) is 18.6 Å². The Morgan fingerprint density at radius 1 is 1.29 bits per heavy atom. The van der Waals surface area contributed by atoms with Crippen LogP contribution in [0.1, 0.15) is 21.6 Å². The van der Waals surface area contributed by atoms with E-state index in [1.807, 2.05) is 6.92 Å². The molecule has 2 nitrogen and oxygen atoms in total. The van der Waals surface area contributed by atoms with Crippen molar-refractivity contribution in [3.8, 4) is 0 Å². The minimum atomic E-state index is -0.776. The summed E-state index contributed by atoms with van der Waals surface area (Å²) in [6.45, 7) is 1.84. The molecule has 0 aliphatic heterocycles. The molecule has 5 heteroatoms. The van der Waals surface area contributed by atoms with E-state index >= 15 is 0 Å². The minimum absolute atomic E-state index is 0.177. The Morgan fingerprint density at radius 2 is 1.94 bits per heavy atom. The summed E-state index contributed by atoms with van der Waals surface area (Å²) in [6.07, 6.45) is 0.985. The van der Waals surface area contributed by atoms with Crippen molar-refractivity contribution in [1.29, 1.82) is 0 Å². The summed E-state index contributed by atoms with van der Waals surface area (Å²) in [4.78, 5) is 4.73. The van der Waals surface area contributed by atoms with E-state index in [1.165, 1.54) is 23.5 Å². The molecule has 1 heterocycles. The van der Waals surface area contributed by atoms with Crippen molar-refractivity contribution < 1.29 is 13.9 Å². The second-order valence-electron chi connectivity index (χ2n) is 3.78. The van der Waals surface area contributed by atoms with Gasteiger partial charge in [-0.05, 0) is 24.6 Å². The lowest BCUT2D eigenvalue weighted by Gasteiger charge is -2.08. The molecule has 0 fully saturated rings. The average molecular weight is 255 g/mol. The SMILES string of the molecule is Cc1ncc(C(O)Cc2cc(F)cc(F)c2)s1. The van der Waals surface area contributed by atoms with Crippen LogP contribution in [0.5, 0.6) is 0 Å². The van der Waals surface area contributed by atoms with Gasteiger partial charge in [0.05, 0.1) is 16.0 Å². The number of rotatable bonds is 3. The second-order valence-corrected chi connectivity index (χ2v) is 5.05. The topological polar surface area (TPSA) is 33.1 Å². The van der Waals surface area contributed by atoms with Gasteiger partial charge in [-0.1, -0.05) is 0 Å². The number of aliphatic hydroxyl groups is 1. The number of hydrogen-bond acceptors (Lipinski definition) is 3. The first-order valence-electron chi connectivity index (χ1n) is 5.10. The highest BCUT2D eigenvalue weighted by molar-refractivity contribution is 7.11. The number of aryl methyl sites for hydroxylation is 1. The van der Waals surface area contributed by atoms with Gasteiger partial charge in [0.1, 0.15) is 11.6 Å². The fraction of sp³-hybridized carbons (Fsp3) is 0.250. The highest BCUT2D eigenvalue weighted by atomic mass is 32.1. The van der Waals surface area contributed by atoms with Crippen LogP contribution in [0.2, 0.25) is 0 Å². The van der Waals surface area contributed by atoms with Crippen LogP contribution in [-0.4, -0.2) is 10.1 Å². The minimum Gasteiger partial charge on any atom is -0.387 e. The predicted molar refractivity (Wildman–Crippen MR) is 61.9 cm³/mol. The Balaban J connectivity index is 2.15. The van der Waals surface area contributed by atoms with Crippen LogP contribution in [0.3, 0.4) is 0 Å². The van der Waals surface area contributed by atoms with Crippen LogP contribution in [0.15, 0.2) is 24.4 Å². The van der Waals surface area contributed by atoms with E-state index in [0.29, 0.717) is 10.4 Å². The summed E-state index contributed by atoms with van der Waals surface area (Å²) in [5.41, 5.74) is 0.432. The molecule has 1 N–H and O–H groups in total. The first-order chi connectivity index (χ1) is 8.04. The second kappa shape index (κ2) is 4.89. The van der Waals surface area contributed by atoms with Gasteiger partial charge in [0.25, 0.3) is 0 Å². The molecule has 1 aromatic carbocycles. The zero-order valence-electron chi connectivity index (χ0n) is 9.15. The predicted octanol–water partition coefficient (Wildman–Crippen LogP) is 3.01. The van der Waals surface area contributed by atoms with Gasteiger partial charge in [0, 0.05) is 18.7 Å². The molecule has 0 amide bonds. The lowest BCUT2D eigenvalue weighted by molar-refractivity contribution is 0.182. The van der Waals surface area contributed by atoms with E-state index in [0.717, 1.165) is 11.1 Å². The summed E-state index contributed by atoms with van der Waals surface area (Å²) in [6, 6.07) is 3.26. The monoisotopic (exact) mass is 255 g/mol. The normalized spacial score (nSPS) is 12.7. The number of nitrogens with zero attached hydrogens (tertiary/aromatic N) is 1. The first-order valence-corrected chi connectivity index (χ1v) is 5.91. The maximum atomic E-state index is 13.0. The van der Waals surface area contributed by atoms with Crippen molar-refractivity contribution in [2.24, 2.45) is 0 Å². The summed E-state index contributed by atoms with van der Waals surface area (Å²) >= 11 is 1.37. The number of aromatic nitrogens is 1. The molecule has 0 saturated heterocycles. The van der Waals surface area contributed by atoms with E-state index in [1.54, 1.807) is 6.20 Å². The van der Waals surface area contributed by atoms with E-state index in [4.69, 9.17) is 0 Å². The van der Waals surface area contributed by atoms with Crippen molar-refractivity contribution in [3.05, 3.63) is 51.5 Å². The molecule has 0 saturated carbocycles. The van der Waals surface area contributed by atoms with E-state index in [2.05, 4.69) is 4.98 Å². The lowest BCUT2D eigenvalue weighted by Crippen LogP contribution is -2.00. The van der Waals surface area contributed by atoms with Gasteiger partial charge in [-0.15, -0.1) is 11.3 Å². The average Bonchev–Trinajstić information content (AvgIpc) is 2.63. The van der Waals surface area contributed by atoms with Crippen LogP contribution >= 0.6 is 11.3 Å². The summed E-state index contributed by atoms with van der Waals surface area (Å²) in [5, 5.41) is 10.7. The van der Waals surface area contributed by atoms with Gasteiger partial charge < -0.3 is 5.11 Å². The molecule has 0 radical (unpaired) electrons. The number of benzene rings is 1. The molecular formula is C12H11F2NOS. The highest BCUT2D eigenvalue weighted by Gasteiger charge is 2.12. The zero-order chi connectivity index (χ0) is 12.4. The van der Waals surface area contributed by atoms with Crippen LogP contribution < -0.4 is 0 Å². The van der Waals surface area contributed by atoms with Gasteiger partial charge in [-0.3, -0.25) is 0 Å². The molecule has 1 aromatic heterocycles. The van der Waals surface area contributed by atoms with Gasteiger partial charge in [-0.25, -0.2) is 13.8 Å². The third kappa shape index (κ3) is 3.08. The third-order valence-corrected chi connectivity index (χ3v) is 3.33. The molecule has 0 bridgehead atoms. The number of halogens is 2. The summed E-state index contributed by atoms with van der Waals surface area (Å²) in [5.74, 6) is -1.26. The maximum absolute atomic E-state index is 13.0. The van der Waals surface area contributed by atoms with Crippen molar-refractivity contribution >= 4 is 11.3 Å². The first kappa shape index (κ1) is 12.1. The largest absolute Gasteiger partial charge is 0.387 e. The molecule has 1 unspecified atom stereocenters. The molecular weight excluding hydrogens is 244 g/mol. The van der Waals surface area contributed by atoms with Crippen LogP contribution in [-0.2, 0) is 6.42 Å². The molecule has 0 aliphatic rings. The Morgan fingerprint density at radius 3 is 2.47 bits per heavy atom. The fourth-order valence-corrected chi connectivity index (χ4v) is 2.36. The van der Waals surface area contributed by atoms with Crippen LogP contribution in [0.4, 0.5) is 8.78 Å². The van der Waals surface area contributed by atoms with Crippen molar-refractivity contribution in [1.82, 2.24) is 4.98 Å². The Hall–Kier alpha value is -1.33. The number of thiazole rings is 1. The van der Waals surface area contributed by atoms with E-state index < -0.39 is 17.7 Å². The Labute approximate surface area is 102 Å². The molecule has 2 rings (SSSR count). The summed E-state index contributed by atoms with van der Waals surface area (Å²) in [7, 11) is 0. The number of hydrogen-bond donors (Lipinski definition) is 1. The standard InChI is InChI=1S/C12H11F2NOS/c1-7-15-6-12(17-7)11(16)4-8-2-9(13)5-10(14)3-8/h2-3,5-6,11,16H,4H2,1H3. The van der Waals surface area contributed by atoms with Crippen molar-refractivity contribution in [2.75, 3.05) is 0 Å². The van der Waals surface area contributed by atoms with Crippen molar-refractivity contribution in [2.45, 2.75) is 19.4 Å². The van der Waals surface area contributed by atoms with E-state index in [-0.39, 0.29) is 6.42 Å². The van der Waals surface area contributed by atoms with E-state index in [9.17, 15) is 13.9 Å². The Bertz CT molecular complexity index is 507. The maximum Gasteiger partial charge on any atom is 0.126 e. The smallest absolute Gasteiger partial charge is 0.126 e. The zero-order valence-corrected chi connectivity index (χ0v) is 9.97. The third-order valence-electron chi connectivity index (χ3n) is 2.32. The molecule has 2 aromatic rings. The van der Waals surface area contributed by atoms with Crippen LogP contribution in [0.25, 0.3) is 0 Å². The molecule has 1 atom stereocenters. The summed E-state index contributed by atoms with van der Waals surface area (Å²) < 4.78 is 25.9. The van der Waals surface area contributed by atoms with Gasteiger partial charge >= 0.3 is 0 Å². The molecule has 0 spiro atoms. The number of aliphatic hydroxyl groups excluding tert-OH is 1. The lowest BCUT2D eigenvalue weighted by atomic mass is 10.1. The van der Waals surface area contributed by atoms with Gasteiger partial charge in [0.15, 0.2) is 0 Å². The Kier molecular flexibility index (Phi) is 3.49. The van der Waals surface area contributed by atoms with Crippen molar-refractivity contribution in [3.63, 3.8) is 0 Å².